The minimum absolute atomic E-state index is 0.0842. The summed E-state index contributed by atoms with van der Waals surface area (Å²) < 4.78 is 0. The fraction of sp³-hybridized carbons (Fsp3) is 0.121. The van der Waals surface area contributed by atoms with Crippen LogP contribution in [-0.4, -0.2) is 0 Å². The maximum Gasteiger partial charge on any atom is 0.0468 e. The minimum Gasteiger partial charge on any atom is -0.310 e. The van der Waals surface area contributed by atoms with E-state index in [1.807, 2.05) is 0 Å². The van der Waals surface area contributed by atoms with Gasteiger partial charge in [-0.15, -0.1) is 0 Å². The van der Waals surface area contributed by atoms with E-state index in [-0.39, 0.29) is 16.2 Å². The third-order valence-corrected chi connectivity index (χ3v) is 21.4. The predicted molar refractivity (Wildman–Crippen MR) is 398 cm³/mol. The van der Waals surface area contributed by atoms with E-state index in [4.69, 9.17) is 0 Å². The van der Waals surface area contributed by atoms with Crippen molar-refractivity contribution in [2.45, 2.75) is 70.6 Å². The summed E-state index contributed by atoms with van der Waals surface area (Å²) in [6.07, 6.45) is 11.4. The molecule has 0 radical (unpaired) electrons. The van der Waals surface area contributed by atoms with E-state index in [1.165, 1.54) is 132 Å². The van der Waals surface area contributed by atoms with Crippen LogP contribution in [0.2, 0.25) is 0 Å². The third kappa shape index (κ3) is 9.21. The second-order valence-corrected chi connectivity index (χ2v) is 27.2. The molecule has 2 heteroatoms. The van der Waals surface area contributed by atoms with Crippen LogP contribution in [0, 0.1) is 0 Å². The smallest absolute Gasteiger partial charge is 0.0468 e. The van der Waals surface area contributed by atoms with Crippen molar-refractivity contribution in [2.24, 2.45) is 0 Å². The quantitative estimate of drug-likeness (QED) is 0.113. The van der Waals surface area contributed by atoms with Gasteiger partial charge in [-0.25, -0.2) is 0 Å². The summed E-state index contributed by atoms with van der Waals surface area (Å²) in [4.78, 5) is 4.87. The Morgan fingerprint density at radius 3 is 0.753 bits per heavy atom. The molecule has 93 heavy (non-hydrogen) atoms. The Labute approximate surface area is 546 Å². The Hall–Kier alpha value is -10.8. The zero-order chi connectivity index (χ0) is 62.7. The van der Waals surface area contributed by atoms with Crippen LogP contribution >= 0.6 is 0 Å². The molecule has 0 unspecified atom stereocenters. The Balaban J connectivity index is 0.631. The van der Waals surface area contributed by atoms with Gasteiger partial charge in [0.15, 0.2) is 0 Å². The highest BCUT2D eigenvalue weighted by Gasteiger charge is 2.41. The number of benzene rings is 14. The zero-order valence-corrected chi connectivity index (χ0v) is 53.7. The first-order valence-corrected chi connectivity index (χ1v) is 33.2. The Morgan fingerprint density at radius 1 is 0.237 bits per heavy atom. The third-order valence-electron chi connectivity index (χ3n) is 21.4. The standard InChI is InChI=1S/C91H72N2/c1-7-91(8-2)87-51-61(27-25-59-29-43-77-79-47-41-75(57-85(79)89(3,4)83(77)49-59)92(71-37-33-63-17-9-13-21-67(63)53-71)72-38-34-64-18-10-14-22-68(64)54-72)31-45-81(87)82-46-32-62(52-88(82)91)28-26-60-30-44-78-80-48-42-76(58-86(80)90(5,6)84(78)50-60)93(73-39-35-65-19-11-15-23-69(65)55-73)74-40-36-66-20-12-16-24-70(66)56-74/h9-58H,7-8H2,1-6H3/b27-25+,28-26+. The van der Waals surface area contributed by atoms with Gasteiger partial charge < -0.3 is 9.80 Å². The monoisotopic (exact) mass is 1190 g/mol. The molecule has 0 saturated carbocycles. The van der Waals surface area contributed by atoms with E-state index < -0.39 is 0 Å². The van der Waals surface area contributed by atoms with Crippen molar-refractivity contribution in [3.63, 3.8) is 0 Å². The van der Waals surface area contributed by atoms with Gasteiger partial charge in [-0.1, -0.05) is 272 Å². The number of hydrogen-bond acceptors (Lipinski definition) is 2. The summed E-state index contributed by atoms with van der Waals surface area (Å²) in [7, 11) is 0. The van der Waals surface area contributed by atoms with Gasteiger partial charge in [-0.2, -0.15) is 0 Å². The molecule has 0 atom stereocenters. The minimum atomic E-state index is -0.211. The van der Waals surface area contributed by atoms with Crippen LogP contribution < -0.4 is 9.80 Å². The molecule has 0 fully saturated rings. The van der Waals surface area contributed by atoms with Crippen molar-refractivity contribution in [1.29, 1.82) is 0 Å². The number of rotatable bonds is 12. The highest BCUT2D eigenvalue weighted by atomic mass is 15.1. The highest BCUT2D eigenvalue weighted by Crippen LogP contribution is 2.56. The molecular formula is C91H72N2. The van der Waals surface area contributed by atoms with Crippen molar-refractivity contribution < 1.29 is 0 Å². The van der Waals surface area contributed by atoms with Gasteiger partial charge in [-0.3, -0.25) is 0 Å². The number of fused-ring (bicyclic) bond motifs is 13. The summed E-state index contributed by atoms with van der Waals surface area (Å²) in [5.41, 5.74) is 27.5. The summed E-state index contributed by atoms with van der Waals surface area (Å²) in [6, 6.07) is 105. The van der Waals surface area contributed by atoms with Gasteiger partial charge in [0.1, 0.15) is 0 Å². The summed E-state index contributed by atoms with van der Waals surface area (Å²) >= 11 is 0. The molecule has 0 N–H and O–H groups in total. The largest absolute Gasteiger partial charge is 0.310 e. The molecule has 14 aromatic rings. The molecule has 0 spiro atoms. The van der Waals surface area contributed by atoms with Crippen molar-refractivity contribution >= 4 is 102 Å². The van der Waals surface area contributed by atoms with Crippen LogP contribution in [0.25, 0.3) is 101 Å². The molecule has 2 nitrogen and oxygen atoms in total. The zero-order valence-electron chi connectivity index (χ0n) is 53.7. The summed E-state index contributed by atoms with van der Waals surface area (Å²) in [5.74, 6) is 0. The van der Waals surface area contributed by atoms with Crippen molar-refractivity contribution in [3.05, 3.63) is 335 Å². The topological polar surface area (TPSA) is 6.48 Å². The van der Waals surface area contributed by atoms with E-state index in [0.29, 0.717) is 0 Å². The average molecular weight is 1190 g/mol. The molecule has 0 heterocycles. The van der Waals surface area contributed by atoms with Crippen LogP contribution in [0.1, 0.15) is 110 Å². The van der Waals surface area contributed by atoms with Gasteiger partial charge in [0.2, 0.25) is 0 Å². The maximum atomic E-state index is 2.48. The molecule has 3 aliphatic rings. The van der Waals surface area contributed by atoms with E-state index in [1.54, 1.807) is 0 Å². The number of anilines is 6. The van der Waals surface area contributed by atoms with E-state index >= 15 is 0 Å². The second kappa shape index (κ2) is 21.7. The lowest BCUT2D eigenvalue weighted by Crippen LogP contribution is -2.23. The lowest BCUT2D eigenvalue weighted by molar-refractivity contribution is 0.490. The molecule has 0 aliphatic heterocycles. The van der Waals surface area contributed by atoms with Gasteiger partial charge in [0, 0.05) is 50.4 Å². The van der Waals surface area contributed by atoms with Gasteiger partial charge in [0.25, 0.3) is 0 Å². The van der Waals surface area contributed by atoms with Crippen LogP contribution in [0.3, 0.4) is 0 Å². The molecule has 0 saturated heterocycles. The molecule has 446 valence electrons. The summed E-state index contributed by atoms with van der Waals surface area (Å²) in [5, 5.41) is 9.87. The lowest BCUT2D eigenvalue weighted by atomic mass is 9.73. The van der Waals surface area contributed by atoms with Crippen molar-refractivity contribution in [1.82, 2.24) is 0 Å². The first kappa shape index (κ1) is 56.2. The number of nitrogens with zero attached hydrogens (tertiary/aromatic N) is 2. The summed E-state index contributed by atoms with van der Waals surface area (Å²) in [6.45, 7) is 14.4. The highest BCUT2D eigenvalue weighted by molar-refractivity contribution is 5.97. The molecule has 17 rings (SSSR count). The second-order valence-electron chi connectivity index (χ2n) is 27.2. The molecule has 14 aromatic carbocycles. The Morgan fingerprint density at radius 2 is 0.462 bits per heavy atom. The van der Waals surface area contributed by atoms with Crippen LogP contribution in [-0.2, 0) is 16.2 Å². The molecule has 3 aliphatic carbocycles. The first-order chi connectivity index (χ1) is 45.4. The van der Waals surface area contributed by atoms with Crippen LogP contribution in [0.15, 0.2) is 279 Å². The molecular weight excluding hydrogens is 1120 g/mol. The van der Waals surface area contributed by atoms with E-state index in [9.17, 15) is 0 Å². The number of hydrogen-bond donors (Lipinski definition) is 0. The predicted octanol–water partition coefficient (Wildman–Crippen LogP) is 25.3. The van der Waals surface area contributed by atoms with Crippen molar-refractivity contribution in [3.8, 4) is 33.4 Å². The maximum absolute atomic E-state index is 2.48. The normalized spacial score (nSPS) is 14.4. The van der Waals surface area contributed by atoms with E-state index in [0.717, 1.165) is 47.0 Å². The lowest BCUT2D eigenvalue weighted by Gasteiger charge is -2.30. The SMILES string of the molecule is CCC1(CC)c2cc(/C=C/c3ccc4c(c3)C(C)(C)c3cc(N(c5ccc6ccccc6c5)c5ccc6ccccc6c5)ccc3-4)ccc2-c2ccc(/C=C/c3ccc4c(c3)C(C)(C)c3cc(N(c5ccc6ccccc6c5)c5ccc6ccccc6c5)ccc3-4)cc21. The van der Waals surface area contributed by atoms with Gasteiger partial charge in [-0.05, 0) is 218 Å². The van der Waals surface area contributed by atoms with Crippen LogP contribution in [0.4, 0.5) is 34.1 Å². The average Bonchev–Trinajstić information content (AvgIpc) is 1.60. The van der Waals surface area contributed by atoms with Gasteiger partial charge in [0.05, 0.1) is 0 Å². The molecule has 0 bridgehead atoms. The first-order valence-electron chi connectivity index (χ1n) is 33.2. The Bertz CT molecular complexity index is 4960. The Kier molecular flexibility index (Phi) is 13.1. The molecule has 0 aromatic heterocycles. The fourth-order valence-corrected chi connectivity index (χ4v) is 16.3. The fourth-order valence-electron chi connectivity index (χ4n) is 16.3. The van der Waals surface area contributed by atoms with Crippen LogP contribution in [0.5, 0.6) is 0 Å². The van der Waals surface area contributed by atoms with Crippen molar-refractivity contribution in [2.75, 3.05) is 9.80 Å². The van der Waals surface area contributed by atoms with E-state index in [2.05, 4.69) is 355 Å². The van der Waals surface area contributed by atoms with Gasteiger partial charge >= 0.3 is 0 Å². The molecule has 0 amide bonds.